The number of aromatic nitrogens is 1. The predicted molar refractivity (Wildman–Crippen MR) is 80.6 cm³/mol. The van der Waals surface area contributed by atoms with Crippen molar-refractivity contribution < 1.29 is 14.0 Å². The summed E-state index contributed by atoms with van der Waals surface area (Å²) < 4.78 is 15.9. The molecule has 0 aliphatic heterocycles. The Morgan fingerprint density at radius 3 is 2.57 bits per heavy atom. The van der Waals surface area contributed by atoms with Crippen molar-refractivity contribution in [2.45, 2.75) is 25.7 Å². The molecule has 2 aromatic rings. The van der Waals surface area contributed by atoms with E-state index < -0.39 is 0 Å². The maximum atomic E-state index is 5.99. The monoisotopic (exact) mass is 288 g/mol. The van der Waals surface area contributed by atoms with Crippen LogP contribution in [-0.4, -0.2) is 19.4 Å². The van der Waals surface area contributed by atoms with Gasteiger partial charge in [0.05, 0.1) is 25.5 Å². The molecule has 1 fully saturated rings. The van der Waals surface area contributed by atoms with Crippen molar-refractivity contribution in [3.63, 3.8) is 0 Å². The zero-order valence-electron chi connectivity index (χ0n) is 12.6. The number of rotatable bonds is 5. The van der Waals surface area contributed by atoms with E-state index >= 15 is 0 Å². The summed E-state index contributed by atoms with van der Waals surface area (Å²) in [7, 11) is 3.23. The van der Waals surface area contributed by atoms with Gasteiger partial charge in [0, 0.05) is 5.92 Å². The highest BCUT2D eigenvalue weighted by Gasteiger charge is 2.33. The molecule has 0 spiro atoms. The van der Waals surface area contributed by atoms with Crippen LogP contribution < -0.4 is 15.2 Å². The van der Waals surface area contributed by atoms with Crippen molar-refractivity contribution in [3.05, 3.63) is 23.9 Å². The van der Waals surface area contributed by atoms with Crippen molar-refractivity contribution in [1.82, 2.24) is 5.16 Å². The molecule has 5 nitrogen and oxygen atoms in total. The summed E-state index contributed by atoms with van der Waals surface area (Å²) in [6.07, 6.45) is 2.50. The molecular weight excluding hydrogens is 268 g/mol. The lowest BCUT2D eigenvalue weighted by Gasteiger charge is -2.12. The number of nitrogen functional groups attached to an aromatic ring is 1. The Morgan fingerprint density at radius 1 is 1.24 bits per heavy atom. The third kappa shape index (κ3) is 2.44. The number of hydrogen-bond donors (Lipinski definition) is 1. The Hall–Kier alpha value is -2.17. The fraction of sp³-hybridized carbons (Fsp3) is 0.438. The van der Waals surface area contributed by atoms with Gasteiger partial charge in [-0.05, 0) is 36.5 Å². The van der Waals surface area contributed by atoms with E-state index in [1.165, 1.54) is 12.8 Å². The van der Waals surface area contributed by atoms with Crippen LogP contribution >= 0.6 is 0 Å². The number of ether oxygens (including phenoxy) is 2. The first kappa shape index (κ1) is 13.8. The Labute approximate surface area is 124 Å². The van der Waals surface area contributed by atoms with Crippen molar-refractivity contribution in [3.8, 4) is 22.6 Å². The normalized spacial score (nSPS) is 15.8. The number of anilines is 1. The summed E-state index contributed by atoms with van der Waals surface area (Å²) in [6.45, 7) is 2.18. The van der Waals surface area contributed by atoms with Gasteiger partial charge in [0.2, 0.25) is 5.88 Å². The van der Waals surface area contributed by atoms with Gasteiger partial charge in [-0.3, -0.25) is 0 Å². The van der Waals surface area contributed by atoms with Gasteiger partial charge in [-0.1, -0.05) is 18.1 Å². The average molecular weight is 288 g/mol. The zero-order chi connectivity index (χ0) is 15.0. The Balaban J connectivity index is 2.05. The van der Waals surface area contributed by atoms with Gasteiger partial charge in [-0.15, -0.1) is 0 Å². The molecule has 1 heterocycles. The highest BCUT2D eigenvalue weighted by atomic mass is 16.5. The maximum absolute atomic E-state index is 5.99. The minimum Gasteiger partial charge on any atom is -0.493 e. The first-order valence-electron chi connectivity index (χ1n) is 7.13. The van der Waals surface area contributed by atoms with Gasteiger partial charge in [0.1, 0.15) is 0 Å². The lowest BCUT2D eigenvalue weighted by Crippen LogP contribution is -1.99. The Bertz CT molecular complexity index is 647. The third-order valence-electron chi connectivity index (χ3n) is 4.18. The van der Waals surface area contributed by atoms with Crippen molar-refractivity contribution in [1.29, 1.82) is 0 Å². The molecule has 0 radical (unpaired) electrons. The van der Waals surface area contributed by atoms with E-state index in [-0.39, 0.29) is 0 Å². The SMILES string of the molecule is COc1ccc(-c2c(C(C)C3CC3)noc2N)cc1OC. The minimum absolute atomic E-state index is 0.352. The van der Waals surface area contributed by atoms with Crippen LogP contribution in [0.15, 0.2) is 22.7 Å². The van der Waals surface area contributed by atoms with Crippen LogP contribution in [-0.2, 0) is 0 Å². The van der Waals surface area contributed by atoms with E-state index in [0.717, 1.165) is 16.8 Å². The van der Waals surface area contributed by atoms with Gasteiger partial charge in [-0.25, -0.2) is 0 Å². The predicted octanol–water partition coefficient (Wildman–Crippen LogP) is 3.45. The fourth-order valence-corrected chi connectivity index (χ4v) is 2.73. The second-order valence-corrected chi connectivity index (χ2v) is 5.50. The molecule has 1 aliphatic carbocycles. The number of benzene rings is 1. The molecule has 1 saturated carbocycles. The fourth-order valence-electron chi connectivity index (χ4n) is 2.73. The highest BCUT2D eigenvalue weighted by Crippen LogP contribution is 2.46. The van der Waals surface area contributed by atoms with E-state index in [1.807, 2.05) is 18.2 Å². The molecule has 2 N–H and O–H groups in total. The van der Waals surface area contributed by atoms with E-state index in [2.05, 4.69) is 12.1 Å². The lowest BCUT2D eigenvalue weighted by molar-refractivity contribution is 0.355. The van der Waals surface area contributed by atoms with Crippen LogP contribution in [0.3, 0.4) is 0 Å². The smallest absolute Gasteiger partial charge is 0.230 e. The van der Waals surface area contributed by atoms with Crippen LogP contribution in [0.2, 0.25) is 0 Å². The summed E-state index contributed by atoms with van der Waals surface area (Å²) in [5, 5.41) is 4.18. The molecule has 5 heteroatoms. The molecule has 1 aliphatic rings. The van der Waals surface area contributed by atoms with Crippen LogP contribution in [0.25, 0.3) is 11.1 Å². The Morgan fingerprint density at radius 2 is 1.95 bits per heavy atom. The molecule has 1 aromatic carbocycles. The summed E-state index contributed by atoms with van der Waals surface area (Å²) in [4.78, 5) is 0. The quantitative estimate of drug-likeness (QED) is 0.912. The molecule has 112 valence electrons. The summed E-state index contributed by atoms with van der Waals surface area (Å²) in [5.74, 6) is 2.75. The molecule has 3 rings (SSSR count). The first-order valence-corrected chi connectivity index (χ1v) is 7.13. The Kier molecular flexibility index (Phi) is 3.49. The number of nitrogens with two attached hydrogens (primary N) is 1. The van der Waals surface area contributed by atoms with Crippen LogP contribution in [0.4, 0.5) is 5.88 Å². The zero-order valence-corrected chi connectivity index (χ0v) is 12.6. The molecule has 0 bridgehead atoms. The number of methoxy groups -OCH3 is 2. The van der Waals surface area contributed by atoms with Crippen LogP contribution in [0.1, 0.15) is 31.4 Å². The molecule has 0 amide bonds. The van der Waals surface area contributed by atoms with Crippen molar-refractivity contribution in [2.24, 2.45) is 5.92 Å². The molecule has 1 unspecified atom stereocenters. The van der Waals surface area contributed by atoms with Gasteiger partial charge in [0.15, 0.2) is 11.5 Å². The van der Waals surface area contributed by atoms with Gasteiger partial charge >= 0.3 is 0 Å². The molecular formula is C16H20N2O3. The largest absolute Gasteiger partial charge is 0.493 e. The van der Waals surface area contributed by atoms with Gasteiger partial charge in [-0.2, -0.15) is 0 Å². The van der Waals surface area contributed by atoms with Gasteiger partial charge < -0.3 is 19.7 Å². The third-order valence-corrected chi connectivity index (χ3v) is 4.18. The van der Waals surface area contributed by atoms with E-state index in [1.54, 1.807) is 14.2 Å². The highest BCUT2D eigenvalue weighted by molar-refractivity contribution is 5.77. The van der Waals surface area contributed by atoms with Crippen LogP contribution in [0.5, 0.6) is 11.5 Å². The standard InChI is InChI=1S/C16H20N2O3/c1-9(10-4-5-10)15-14(16(17)21-18-15)11-6-7-12(19-2)13(8-11)20-3/h6-10H,4-5,17H2,1-3H3. The van der Waals surface area contributed by atoms with Crippen molar-refractivity contribution in [2.75, 3.05) is 20.0 Å². The molecule has 21 heavy (non-hydrogen) atoms. The summed E-state index contributed by atoms with van der Waals surface area (Å²) in [6, 6.07) is 5.73. The van der Waals surface area contributed by atoms with E-state index in [9.17, 15) is 0 Å². The van der Waals surface area contributed by atoms with Crippen molar-refractivity contribution >= 4 is 5.88 Å². The van der Waals surface area contributed by atoms with Crippen LogP contribution in [0, 0.1) is 5.92 Å². The number of nitrogens with zero attached hydrogens (tertiary/aromatic N) is 1. The second kappa shape index (κ2) is 5.31. The molecule has 0 saturated heterocycles. The summed E-state index contributed by atoms with van der Waals surface area (Å²) >= 11 is 0. The molecule has 1 atom stereocenters. The maximum Gasteiger partial charge on any atom is 0.230 e. The van der Waals surface area contributed by atoms with E-state index in [4.69, 9.17) is 19.7 Å². The van der Waals surface area contributed by atoms with Gasteiger partial charge in [0.25, 0.3) is 0 Å². The topological polar surface area (TPSA) is 70.5 Å². The van der Waals surface area contributed by atoms with E-state index in [0.29, 0.717) is 29.2 Å². The summed E-state index contributed by atoms with van der Waals surface area (Å²) in [5.41, 5.74) is 8.73. The second-order valence-electron chi connectivity index (χ2n) is 5.50. The average Bonchev–Trinajstić information content (AvgIpc) is 3.28. The molecule has 1 aromatic heterocycles. The first-order chi connectivity index (χ1) is 10.2. The minimum atomic E-state index is 0.352. The number of hydrogen-bond acceptors (Lipinski definition) is 5. The lowest BCUT2D eigenvalue weighted by atomic mass is 9.94.